The van der Waals surface area contributed by atoms with Crippen molar-refractivity contribution in [1.82, 2.24) is 13.5 Å². The summed E-state index contributed by atoms with van der Waals surface area (Å²) < 4.78 is 101. The number of rotatable bonds is 6. The van der Waals surface area contributed by atoms with Gasteiger partial charge in [0.1, 0.15) is 5.75 Å². The van der Waals surface area contributed by atoms with Gasteiger partial charge in [-0.1, -0.05) is 6.07 Å². The van der Waals surface area contributed by atoms with Crippen molar-refractivity contribution in [2.45, 2.75) is 42.2 Å². The predicted octanol–water partition coefficient (Wildman–Crippen LogP) is 2.53. The Bertz CT molecular complexity index is 1400. The van der Waals surface area contributed by atoms with Crippen molar-refractivity contribution >= 4 is 26.0 Å². The Morgan fingerprint density at radius 2 is 1.41 bits per heavy atom. The van der Waals surface area contributed by atoms with Gasteiger partial charge in [-0.2, -0.15) is 8.61 Å². The maximum Gasteiger partial charge on any atom is 0.573 e. The van der Waals surface area contributed by atoms with Gasteiger partial charge in [0.25, 0.3) is 5.91 Å². The lowest BCUT2D eigenvalue weighted by Gasteiger charge is -2.35. The van der Waals surface area contributed by atoms with E-state index in [9.17, 15) is 34.8 Å². The Morgan fingerprint density at radius 1 is 0.846 bits per heavy atom. The molecule has 0 N–H and O–H groups in total. The number of nitrogens with zero attached hydrogens (tertiary/aromatic N) is 3. The van der Waals surface area contributed by atoms with E-state index in [4.69, 9.17) is 4.74 Å². The fraction of sp³-hybridized carbons (Fsp3) is 0.458. The summed E-state index contributed by atoms with van der Waals surface area (Å²) in [5, 5.41) is 0. The third kappa shape index (κ3) is 6.72. The Morgan fingerprint density at radius 3 is 1.97 bits per heavy atom. The third-order valence-electron chi connectivity index (χ3n) is 6.33. The summed E-state index contributed by atoms with van der Waals surface area (Å²) in [6.07, 6.45) is -5.44. The summed E-state index contributed by atoms with van der Waals surface area (Å²) in [5.41, 5.74) is 0.155. The molecule has 2 aromatic rings. The number of ether oxygens (including phenoxy) is 2. The van der Waals surface area contributed by atoms with E-state index < -0.39 is 38.1 Å². The van der Waals surface area contributed by atoms with E-state index in [1.54, 1.807) is 13.8 Å². The van der Waals surface area contributed by atoms with Gasteiger partial charge in [-0.3, -0.25) is 4.79 Å². The molecule has 2 aliphatic rings. The van der Waals surface area contributed by atoms with E-state index in [2.05, 4.69) is 4.74 Å². The number of sulfonamides is 2. The van der Waals surface area contributed by atoms with Crippen LogP contribution < -0.4 is 4.74 Å². The van der Waals surface area contributed by atoms with Crippen molar-refractivity contribution < 1.29 is 44.3 Å². The first-order chi connectivity index (χ1) is 18.2. The maximum absolute atomic E-state index is 13.2. The van der Waals surface area contributed by atoms with Crippen LogP contribution in [0.3, 0.4) is 0 Å². The maximum atomic E-state index is 13.2. The highest BCUT2D eigenvalue weighted by atomic mass is 32.2. The van der Waals surface area contributed by atoms with Gasteiger partial charge >= 0.3 is 6.36 Å². The summed E-state index contributed by atoms with van der Waals surface area (Å²) in [4.78, 5) is 14.4. The van der Waals surface area contributed by atoms with E-state index >= 15 is 0 Å². The van der Waals surface area contributed by atoms with Crippen LogP contribution in [0, 0.1) is 0 Å². The summed E-state index contributed by atoms with van der Waals surface area (Å²) in [6, 6.07) is 9.60. The fourth-order valence-corrected chi connectivity index (χ4v) is 7.60. The SMILES string of the molecule is CC1CN(S(=O)(=O)c2cccc(C(=O)N3CCN(S(=O)(=O)c4ccc(OC(F)(F)F)cc4)CC3)c2)CC(C)O1. The molecule has 2 fully saturated rings. The highest BCUT2D eigenvalue weighted by Crippen LogP contribution is 2.26. The van der Waals surface area contributed by atoms with Crippen LogP contribution in [-0.4, -0.2) is 94.1 Å². The summed E-state index contributed by atoms with van der Waals surface area (Å²) >= 11 is 0. The molecule has 10 nitrogen and oxygen atoms in total. The molecule has 0 saturated carbocycles. The number of halogens is 3. The summed E-state index contributed by atoms with van der Waals surface area (Å²) in [5.74, 6) is -0.986. The first-order valence-electron chi connectivity index (χ1n) is 12.1. The largest absolute Gasteiger partial charge is 0.573 e. The van der Waals surface area contributed by atoms with Crippen molar-refractivity contribution in [1.29, 1.82) is 0 Å². The van der Waals surface area contributed by atoms with Gasteiger partial charge in [0.05, 0.1) is 22.0 Å². The molecule has 1 amide bonds. The fourth-order valence-electron chi connectivity index (χ4n) is 4.54. The average molecular weight is 592 g/mol. The molecule has 2 aliphatic heterocycles. The first kappa shape index (κ1) is 29.3. The van der Waals surface area contributed by atoms with Gasteiger partial charge in [-0.15, -0.1) is 13.2 Å². The van der Waals surface area contributed by atoms with Crippen molar-refractivity contribution in [3.05, 3.63) is 54.1 Å². The molecule has 2 atom stereocenters. The summed E-state index contributed by atoms with van der Waals surface area (Å²) in [6.45, 7) is 3.96. The van der Waals surface area contributed by atoms with Crippen LogP contribution in [0.4, 0.5) is 13.2 Å². The smallest absolute Gasteiger partial charge is 0.406 e. The number of carbonyl (C=O) groups excluding carboxylic acids is 1. The van der Waals surface area contributed by atoms with Crippen LogP contribution in [-0.2, 0) is 24.8 Å². The molecule has 15 heteroatoms. The molecule has 39 heavy (non-hydrogen) atoms. The van der Waals surface area contributed by atoms with E-state index in [1.165, 1.54) is 33.5 Å². The van der Waals surface area contributed by atoms with Crippen LogP contribution in [0.15, 0.2) is 58.3 Å². The summed E-state index contributed by atoms with van der Waals surface area (Å²) in [7, 11) is -7.88. The van der Waals surface area contributed by atoms with E-state index in [0.717, 1.165) is 28.6 Å². The number of hydrogen-bond acceptors (Lipinski definition) is 7. The van der Waals surface area contributed by atoms with Gasteiger partial charge in [-0.25, -0.2) is 16.8 Å². The van der Waals surface area contributed by atoms with Gasteiger partial charge in [0.15, 0.2) is 0 Å². The quantitative estimate of drug-likeness (QED) is 0.507. The zero-order valence-electron chi connectivity index (χ0n) is 21.2. The minimum Gasteiger partial charge on any atom is -0.406 e. The van der Waals surface area contributed by atoms with Crippen molar-refractivity contribution in [2.24, 2.45) is 0 Å². The zero-order chi connectivity index (χ0) is 28.6. The monoisotopic (exact) mass is 591 g/mol. The predicted molar refractivity (Wildman–Crippen MR) is 133 cm³/mol. The standard InChI is InChI=1S/C24H28F3N3O7S2/c1-17-15-30(16-18(2)36-17)39(34,35)22-5-3-4-19(14-22)23(31)28-10-12-29(13-11-28)38(32,33)21-8-6-20(7-9-21)37-24(25,26)27/h3-9,14,17-18H,10-13,15-16H2,1-2H3. The van der Waals surface area contributed by atoms with E-state index in [0.29, 0.717) is 0 Å². The minimum atomic E-state index is -4.90. The molecule has 2 unspecified atom stereocenters. The highest BCUT2D eigenvalue weighted by Gasteiger charge is 2.35. The minimum absolute atomic E-state index is 0.0196. The number of carbonyl (C=O) groups is 1. The van der Waals surface area contributed by atoms with Gasteiger partial charge < -0.3 is 14.4 Å². The molecule has 0 aliphatic carbocycles. The Labute approximate surface area is 225 Å². The van der Waals surface area contributed by atoms with Gasteiger partial charge in [0.2, 0.25) is 20.0 Å². The molecule has 2 heterocycles. The molecule has 0 radical (unpaired) electrons. The second-order valence-corrected chi connectivity index (χ2v) is 13.2. The second-order valence-electron chi connectivity index (χ2n) is 9.32. The molecular weight excluding hydrogens is 563 g/mol. The zero-order valence-corrected chi connectivity index (χ0v) is 22.8. The molecule has 0 spiro atoms. The molecule has 2 saturated heterocycles. The molecule has 214 valence electrons. The number of benzene rings is 2. The van der Waals surface area contributed by atoms with Gasteiger partial charge in [0, 0.05) is 44.8 Å². The van der Waals surface area contributed by atoms with Crippen molar-refractivity contribution in [3.8, 4) is 5.75 Å². The molecule has 0 bridgehead atoms. The highest BCUT2D eigenvalue weighted by molar-refractivity contribution is 7.89. The van der Waals surface area contributed by atoms with Crippen molar-refractivity contribution in [2.75, 3.05) is 39.3 Å². The van der Waals surface area contributed by atoms with E-state index in [1.807, 2.05) is 0 Å². The second kappa shape index (κ2) is 11.0. The Kier molecular flexibility index (Phi) is 8.28. The molecule has 4 rings (SSSR count). The van der Waals surface area contributed by atoms with E-state index in [-0.39, 0.29) is 66.8 Å². The normalized spacial score (nSPS) is 22.0. The lowest BCUT2D eigenvalue weighted by atomic mass is 10.2. The first-order valence-corrected chi connectivity index (χ1v) is 15.0. The average Bonchev–Trinajstić information content (AvgIpc) is 2.87. The van der Waals surface area contributed by atoms with Crippen LogP contribution in [0.1, 0.15) is 24.2 Å². The number of piperazine rings is 1. The lowest BCUT2D eigenvalue weighted by molar-refractivity contribution is -0.274. The molecular formula is C24H28F3N3O7S2. The molecule has 2 aromatic carbocycles. The number of hydrogen-bond donors (Lipinski definition) is 0. The number of morpholine rings is 1. The lowest BCUT2D eigenvalue weighted by Crippen LogP contribution is -2.50. The van der Waals surface area contributed by atoms with Crippen LogP contribution >= 0.6 is 0 Å². The topological polar surface area (TPSA) is 114 Å². The number of amides is 1. The van der Waals surface area contributed by atoms with Crippen LogP contribution in [0.25, 0.3) is 0 Å². The Balaban J connectivity index is 1.42. The third-order valence-corrected chi connectivity index (χ3v) is 10.1. The van der Waals surface area contributed by atoms with Crippen LogP contribution in [0.5, 0.6) is 5.75 Å². The van der Waals surface area contributed by atoms with Crippen molar-refractivity contribution in [3.63, 3.8) is 0 Å². The van der Waals surface area contributed by atoms with Crippen LogP contribution in [0.2, 0.25) is 0 Å². The Hall–Kier alpha value is -2.72. The van der Waals surface area contributed by atoms with Gasteiger partial charge in [-0.05, 0) is 56.3 Å². The molecule has 0 aromatic heterocycles. The number of alkyl halides is 3.